The first kappa shape index (κ1) is 21.5. The van der Waals surface area contributed by atoms with E-state index in [0.717, 1.165) is 36.2 Å². The standard InChI is InChI=1S/C26H36N2O2/c1-17(2)18-7-9-20(10-8-18)26(30,25(5)15-28(6)16-25)21-11-19(13-27-14-21)22-12-23(22)24(3,4)29/h7-11,13-14,17,22-23,29-30H,12,15-16H2,1-6H3/t22?,23?,26-/m0/s1. The van der Waals surface area contributed by atoms with Gasteiger partial charge in [-0.05, 0) is 67.8 Å². The van der Waals surface area contributed by atoms with Gasteiger partial charge in [0.05, 0.1) is 5.60 Å². The number of aliphatic hydroxyl groups is 2. The second kappa shape index (κ2) is 7.15. The molecular formula is C26H36N2O2. The fraction of sp³-hybridized carbons (Fsp3) is 0.577. The van der Waals surface area contributed by atoms with Crippen molar-refractivity contribution in [3.05, 3.63) is 65.0 Å². The molecular weight excluding hydrogens is 372 g/mol. The van der Waals surface area contributed by atoms with E-state index in [2.05, 4.69) is 68.0 Å². The van der Waals surface area contributed by atoms with Crippen LogP contribution in [0.1, 0.15) is 75.1 Å². The summed E-state index contributed by atoms with van der Waals surface area (Å²) >= 11 is 0. The molecule has 0 bridgehead atoms. The Hall–Kier alpha value is -1.75. The minimum absolute atomic E-state index is 0.249. The van der Waals surface area contributed by atoms with Gasteiger partial charge < -0.3 is 15.1 Å². The average Bonchev–Trinajstić information content (AvgIpc) is 3.47. The molecule has 1 aromatic carbocycles. The Kier molecular flexibility index (Phi) is 5.12. The van der Waals surface area contributed by atoms with Crippen LogP contribution in [-0.2, 0) is 5.60 Å². The quantitative estimate of drug-likeness (QED) is 0.750. The molecule has 2 unspecified atom stereocenters. The molecule has 2 aliphatic rings. The van der Waals surface area contributed by atoms with E-state index in [4.69, 9.17) is 0 Å². The van der Waals surface area contributed by atoms with E-state index in [1.165, 1.54) is 5.56 Å². The summed E-state index contributed by atoms with van der Waals surface area (Å²) < 4.78 is 0. The summed E-state index contributed by atoms with van der Waals surface area (Å²) in [6, 6.07) is 10.6. The van der Waals surface area contributed by atoms with Gasteiger partial charge in [0.2, 0.25) is 0 Å². The van der Waals surface area contributed by atoms with Crippen LogP contribution >= 0.6 is 0 Å². The molecule has 2 N–H and O–H groups in total. The van der Waals surface area contributed by atoms with Crippen LogP contribution < -0.4 is 0 Å². The third kappa shape index (κ3) is 3.49. The summed E-state index contributed by atoms with van der Waals surface area (Å²) in [5.41, 5.74) is 2.08. The highest BCUT2D eigenvalue weighted by molar-refractivity contribution is 5.43. The predicted molar refractivity (Wildman–Crippen MR) is 121 cm³/mol. The fourth-order valence-electron chi connectivity index (χ4n) is 5.55. The van der Waals surface area contributed by atoms with Crippen molar-refractivity contribution in [2.75, 3.05) is 20.1 Å². The average molecular weight is 409 g/mol. The number of pyridine rings is 1. The highest BCUT2D eigenvalue weighted by atomic mass is 16.3. The number of nitrogens with zero attached hydrogens (tertiary/aromatic N) is 2. The van der Waals surface area contributed by atoms with E-state index in [1.807, 2.05) is 26.2 Å². The van der Waals surface area contributed by atoms with Crippen molar-refractivity contribution in [3.8, 4) is 0 Å². The molecule has 4 rings (SSSR count). The molecule has 0 spiro atoms. The minimum atomic E-state index is -1.11. The van der Waals surface area contributed by atoms with E-state index in [-0.39, 0.29) is 11.3 Å². The monoisotopic (exact) mass is 408 g/mol. The van der Waals surface area contributed by atoms with Crippen molar-refractivity contribution >= 4 is 0 Å². The molecule has 1 aromatic heterocycles. The lowest BCUT2D eigenvalue weighted by Gasteiger charge is -2.56. The smallest absolute Gasteiger partial charge is 0.124 e. The first-order valence-corrected chi connectivity index (χ1v) is 11.1. The Balaban J connectivity index is 1.75. The van der Waals surface area contributed by atoms with Crippen LogP contribution in [-0.4, -0.2) is 45.8 Å². The number of aromatic nitrogens is 1. The van der Waals surface area contributed by atoms with E-state index >= 15 is 0 Å². The Bertz CT molecular complexity index is 909. The van der Waals surface area contributed by atoms with Crippen molar-refractivity contribution in [1.29, 1.82) is 0 Å². The van der Waals surface area contributed by atoms with Crippen LogP contribution in [0.2, 0.25) is 0 Å². The number of benzene rings is 1. The van der Waals surface area contributed by atoms with Gasteiger partial charge in [-0.25, -0.2) is 0 Å². The summed E-state index contributed by atoms with van der Waals surface area (Å²) in [4.78, 5) is 6.78. The van der Waals surface area contributed by atoms with Crippen molar-refractivity contribution < 1.29 is 10.2 Å². The van der Waals surface area contributed by atoms with Gasteiger partial charge in [0.15, 0.2) is 0 Å². The molecule has 3 atom stereocenters. The van der Waals surface area contributed by atoms with Crippen LogP contribution in [0.5, 0.6) is 0 Å². The normalized spacial score (nSPS) is 25.6. The van der Waals surface area contributed by atoms with Gasteiger partial charge in [0.1, 0.15) is 5.60 Å². The minimum Gasteiger partial charge on any atom is -0.390 e. The van der Waals surface area contributed by atoms with Crippen LogP contribution in [0, 0.1) is 11.3 Å². The maximum absolute atomic E-state index is 12.3. The van der Waals surface area contributed by atoms with Crippen LogP contribution in [0.25, 0.3) is 0 Å². The van der Waals surface area contributed by atoms with E-state index < -0.39 is 11.2 Å². The van der Waals surface area contributed by atoms with Gasteiger partial charge in [-0.15, -0.1) is 0 Å². The van der Waals surface area contributed by atoms with Crippen LogP contribution in [0.15, 0.2) is 42.7 Å². The third-order valence-corrected chi connectivity index (χ3v) is 7.41. The van der Waals surface area contributed by atoms with E-state index in [9.17, 15) is 10.2 Å². The van der Waals surface area contributed by atoms with Gasteiger partial charge in [-0.1, -0.05) is 45.0 Å². The topological polar surface area (TPSA) is 56.6 Å². The third-order valence-electron chi connectivity index (χ3n) is 7.41. The summed E-state index contributed by atoms with van der Waals surface area (Å²) in [6.45, 7) is 12.0. The van der Waals surface area contributed by atoms with Gasteiger partial charge in [-0.3, -0.25) is 4.98 Å². The second-order valence-electron chi connectivity index (χ2n) is 10.8. The maximum atomic E-state index is 12.3. The summed E-state index contributed by atoms with van der Waals surface area (Å²) in [6.07, 6.45) is 4.69. The lowest BCUT2D eigenvalue weighted by atomic mass is 9.62. The number of rotatable bonds is 6. The van der Waals surface area contributed by atoms with Gasteiger partial charge >= 0.3 is 0 Å². The molecule has 2 heterocycles. The van der Waals surface area contributed by atoms with Crippen LogP contribution in [0.4, 0.5) is 0 Å². The first-order chi connectivity index (χ1) is 14.0. The zero-order valence-corrected chi connectivity index (χ0v) is 19.2. The Morgan fingerprint density at radius 1 is 1.07 bits per heavy atom. The SMILES string of the molecule is CC(C)c1ccc([C@](O)(c2cncc(C3CC3C(C)(C)O)c2)C2(C)CN(C)C2)cc1. The van der Waals surface area contributed by atoms with E-state index in [0.29, 0.717) is 11.8 Å². The Labute approximate surface area is 181 Å². The molecule has 30 heavy (non-hydrogen) atoms. The molecule has 1 aliphatic heterocycles. The van der Waals surface area contributed by atoms with Crippen molar-refractivity contribution in [3.63, 3.8) is 0 Å². The van der Waals surface area contributed by atoms with Gasteiger partial charge in [0, 0.05) is 36.5 Å². The Morgan fingerprint density at radius 2 is 1.70 bits per heavy atom. The second-order valence-corrected chi connectivity index (χ2v) is 10.8. The molecule has 1 aliphatic carbocycles. The van der Waals surface area contributed by atoms with Crippen molar-refractivity contribution in [1.82, 2.24) is 9.88 Å². The molecule has 0 amide bonds. The highest BCUT2D eigenvalue weighted by Crippen LogP contribution is 2.55. The summed E-state index contributed by atoms with van der Waals surface area (Å²) in [7, 11) is 2.09. The number of hydrogen-bond donors (Lipinski definition) is 2. The number of likely N-dealkylation sites (tertiary alicyclic amines) is 1. The maximum Gasteiger partial charge on any atom is 0.124 e. The number of hydrogen-bond acceptors (Lipinski definition) is 4. The molecule has 4 nitrogen and oxygen atoms in total. The largest absolute Gasteiger partial charge is 0.390 e. The van der Waals surface area contributed by atoms with Gasteiger partial charge in [-0.2, -0.15) is 0 Å². The summed E-state index contributed by atoms with van der Waals surface area (Å²) in [5.74, 6) is 1.01. The fourth-order valence-corrected chi connectivity index (χ4v) is 5.55. The lowest BCUT2D eigenvalue weighted by Crippen LogP contribution is -2.63. The van der Waals surface area contributed by atoms with Crippen LogP contribution in [0.3, 0.4) is 0 Å². The zero-order chi connectivity index (χ0) is 21.9. The van der Waals surface area contributed by atoms with Gasteiger partial charge in [0.25, 0.3) is 0 Å². The predicted octanol–water partition coefficient (Wildman–Crippen LogP) is 4.27. The molecule has 1 saturated heterocycles. The molecule has 2 aromatic rings. The lowest BCUT2D eigenvalue weighted by molar-refractivity contribution is -0.127. The highest BCUT2D eigenvalue weighted by Gasteiger charge is 2.56. The Morgan fingerprint density at radius 3 is 2.20 bits per heavy atom. The molecule has 162 valence electrons. The van der Waals surface area contributed by atoms with Crippen molar-refractivity contribution in [2.24, 2.45) is 11.3 Å². The molecule has 2 fully saturated rings. The zero-order valence-electron chi connectivity index (χ0n) is 19.2. The van der Waals surface area contributed by atoms with Crippen molar-refractivity contribution in [2.45, 2.75) is 64.1 Å². The molecule has 0 radical (unpaired) electrons. The first-order valence-electron chi connectivity index (χ1n) is 11.1. The molecule has 4 heteroatoms. The van der Waals surface area contributed by atoms with E-state index in [1.54, 1.807) is 0 Å². The molecule has 1 saturated carbocycles. The summed E-state index contributed by atoms with van der Waals surface area (Å²) in [5, 5.41) is 22.7.